The smallest absolute Gasteiger partial charge is 0.306 e. The highest BCUT2D eigenvalue weighted by Gasteiger charge is 2.19. The number of esters is 3. The van der Waals surface area contributed by atoms with E-state index in [1.54, 1.807) is 0 Å². The molecule has 0 bridgehead atoms. The first kappa shape index (κ1) is 74.2. The molecule has 0 spiro atoms. The standard InChI is InChI=1S/C74H112O6/c1-4-7-10-13-16-18-20-22-24-26-28-30-32-34-36-37-39-40-42-44-46-48-50-52-54-56-58-61-64-67-73(76)79-70-71(69-78-72(75)66-63-60-15-12-9-6-3)80-74(77)68-65-62-59-57-55-53-51-49-47-45-43-41-38-35-33-31-29-27-25-23-21-19-17-14-11-8-5-2/h7-8,10-11,16-19,22-25,28-31,34-36,38-40,43-46,49-52,56,58,71H,4-6,9,12-15,20-21,26-27,32-33,37,41-42,47-48,53-55,57,59-70H2,1-3H3/b10-7-,11-8-,18-16-,19-17-,24-22-,25-23-,30-28-,31-29-,36-34-,38-35-,40-39-,45-43-,46-44-,51-49-,52-50-,58-56-. The van der Waals surface area contributed by atoms with Gasteiger partial charge in [-0.25, -0.2) is 0 Å². The van der Waals surface area contributed by atoms with Crippen LogP contribution in [0.5, 0.6) is 0 Å². The van der Waals surface area contributed by atoms with E-state index >= 15 is 0 Å². The van der Waals surface area contributed by atoms with Gasteiger partial charge in [-0.1, -0.05) is 267 Å². The normalized spacial score (nSPS) is 13.5. The molecule has 6 heteroatoms. The molecule has 0 aromatic carbocycles. The SMILES string of the molecule is CC/C=C\C/C=C\C/C=C\C/C=C\C/C=C\C/C=C\C/C=C\C/C=C\C/C=C\CCCC(=O)OCC(COC(=O)CCCCCCCC)OC(=O)CCCCCCC/C=C\C/C=C\C/C=C\C/C=C\C/C=C\C/C=C\C/C=C\CC. The van der Waals surface area contributed by atoms with E-state index in [1.807, 2.05) is 0 Å². The minimum absolute atomic E-state index is 0.114. The quantitative estimate of drug-likeness (QED) is 0.0261. The van der Waals surface area contributed by atoms with Crippen LogP contribution in [-0.2, 0) is 28.6 Å². The monoisotopic (exact) mass is 1100 g/mol. The Kier molecular flexibility index (Phi) is 61.0. The minimum Gasteiger partial charge on any atom is -0.462 e. The summed E-state index contributed by atoms with van der Waals surface area (Å²) < 4.78 is 16.7. The molecule has 0 aliphatic rings. The first-order chi connectivity index (χ1) is 39.5. The summed E-state index contributed by atoms with van der Waals surface area (Å²) in [5, 5.41) is 0. The highest BCUT2D eigenvalue weighted by molar-refractivity contribution is 5.71. The second-order valence-corrected chi connectivity index (χ2v) is 19.9. The van der Waals surface area contributed by atoms with E-state index in [2.05, 4.69) is 215 Å². The van der Waals surface area contributed by atoms with Crippen LogP contribution >= 0.6 is 0 Å². The van der Waals surface area contributed by atoms with Gasteiger partial charge in [-0.3, -0.25) is 14.4 Å². The van der Waals surface area contributed by atoms with Crippen molar-refractivity contribution >= 4 is 17.9 Å². The van der Waals surface area contributed by atoms with Crippen LogP contribution in [0.25, 0.3) is 0 Å². The molecule has 0 N–H and O–H groups in total. The average molecular weight is 1100 g/mol. The van der Waals surface area contributed by atoms with Crippen LogP contribution < -0.4 is 0 Å². The summed E-state index contributed by atoms with van der Waals surface area (Å²) in [6.45, 7) is 6.26. The van der Waals surface area contributed by atoms with Gasteiger partial charge in [0, 0.05) is 19.3 Å². The maximum atomic E-state index is 12.8. The van der Waals surface area contributed by atoms with Gasteiger partial charge in [0.2, 0.25) is 0 Å². The first-order valence-corrected chi connectivity index (χ1v) is 31.4. The predicted molar refractivity (Wildman–Crippen MR) is 347 cm³/mol. The van der Waals surface area contributed by atoms with Gasteiger partial charge in [0.05, 0.1) is 0 Å². The van der Waals surface area contributed by atoms with Crippen molar-refractivity contribution in [3.05, 3.63) is 194 Å². The number of ether oxygens (including phenoxy) is 3. The summed E-state index contributed by atoms with van der Waals surface area (Å²) in [6.07, 6.45) is 100. The van der Waals surface area contributed by atoms with Crippen molar-refractivity contribution in [1.82, 2.24) is 0 Å². The molecule has 0 saturated carbocycles. The first-order valence-electron chi connectivity index (χ1n) is 31.4. The maximum absolute atomic E-state index is 12.8. The molecule has 0 aliphatic heterocycles. The van der Waals surface area contributed by atoms with Crippen LogP contribution in [0.1, 0.15) is 233 Å². The Morgan fingerprint density at radius 1 is 0.263 bits per heavy atom. The van der Waals surface area contributed by atoms with Gasteiger partial charge < -0.3 is 14.2 Å². The Morgan fingerprint density at radius 2 is 0.500 bits per heavy atom. The van der Waals surface area contributed by atoms with E-state index < -0.39 is 6.10 Å². The summed E-state index contributed by atoms with van der Waals surface area (Å²) in [6, 6.07) is 0. The third-order valence-corrected chi connectivity index (χ3v) is 12.3. The second-order valence-electron chi connectivity index (χ2n) is 19.9. The van der Waals surface area contributed by atoms with Gasteiger partial charge in [-0.15, -0.1) is 0 Å². The Bertz CT molecular complexity index is 1930. The molecule has 1 unspecified atom stereocenters. The molecule has 0 aromatic rings. The predicted octanol–water partition coefficient (Wildman–Crippen LogP) is 21.8. The molecule has 0 fully saturated rings. The Hall–Kier alpha value is -5.75. The fourth-order valence-corrected chi connectivity index (χ4v) is 7.72. The molecule has 0 radical (unpaired) electrons. The van der Waals surface area contributed by atoms with Crippen LogP contribution in [0.4, 0.5) is 0 Å². The Balaban J connectivity index is 4.32. The largest absolute Gasteiger partial charge is 0.462 e. The topological polar surface area (TPSA) is 78.9 Å². The van der Waals surface area contributed by atoms with Crippen molar-refractivity contribution in [3.8, 4) is 0 Å². The van der Waals surface area contributed by atoms with Crippen molar-refractivity contribution in [2.75, 3.05) is 13.2 Å². The van der Waals surface area contributed by atoms with E-state index in [0.717, 1.165) is 167 Å². The highest BCUT2D eigenvalue weighted by Crippen LogP contribution is 2.12. The van der Waals surface area contributed by atoms with Gasteiger partial charge in [-0.2, -0.15) is 0 Å². The average Bonchev–Trinajstić information content (AvgIpc) is 3.46. The molecule has 80 heavy (non-hydrogen) atoms. The van der Waals surface area contributed by atoms with Gasteiger partial charge >= 0.3 is 17.9 Å². The van der Waals surface area contributed by atoms with E-state index in [4.69, 9.17) is 14.2 Å². The van der Waals surface area contributed by atoms with Crippen LogP contribution in [-0.4, -0.2) is 37.2 Å². The van der Waals surface area contributed by atoms with Crippen molar-refractivity contribution < 1.29 is 28.6 Å². The lowest BCUT2D eigenvalue weighted by Crippen LogP contribution is -2.30. The van der Waals surface area contributed by atoms with E-state index in [9.17, 15) is 14.4 Å². The number of allylic oxidation sites excluding steroid dienone is 32. The Labute approximate surface area is 490 Å². The summed E-state index contributed by atoms with van der Waals surface area (Å²) in [5.41, 5.74) is 0. The molecular weight excluding hydrogens is 985 g/mol. The molecular formula is C74H112O6. The van der Waals surface area contributed by atoms with Crippen LogP contribution in [0, 0.1) is 0 Å². The summed E-state index contributed by atoms with van der Waals surface area (Å²) in [5.74, 6) is -1.02. The molecule has 6 nitrogen and oxygen atoms in total. The third-order valence-electron chi connectivity index (χ3n) is 12.3. The number of hydrogen-bond donors (Lipinski definition) is 0. The van der Waals surface area contributed by atoms with Crippen molar-refractivity contribution in [2.24, 2.45) is 0 Å². The molecule has 0 heterocycles. The number of hydrogen-bond acceptors (Lipinski definition) is 6. The number of unbranched alkanes of at least 4 members (excludes halogenated alkanes) is 11. The lowest BCUT2D eigenvalue weighted by Gasteiger charge is -2.18. The molecule has 0 rings (SSSR count). The fraction of sp³-hybridized carbons (Fsp3) is 0.527. The van der Waals surface area contributed by atoms with Gasteiger partial charge in [-0.05, 0) is 141 Å². The number of carbonyl (C=O) groups is 3. The number of carbonyl (C=O) groups excluding carboxylic acids is 3. The molecule has 0 saturated heterocycles. The van der Waals surface area contributed by atoms with E-state index in [0.29, 0.717) is 12.8 Å². The maximum Gasteiger partial charge on any atom is 0.306 e. The molecule has 1 atom stereocenters. The summed E-state index contributed by atoms with van der Waals surface area (Å²) >= 11 is 0. The zero-order valence-electron chi connectivity index (χ0n) is 50.8. The van der Waals surface area contributed by atoms with E-state index in [1.165, 1.54) is 19.3 Å². The second kappa shape index (κ2) is 65.8. The molecule has 0 aliphatic carbocycles. The van der Waals surface area contributed by atoms with Crippen LogP contribution in [0.2, 0.25) is 0 Å². The van der Waals surface area contributed by atoms with Crippen molar-refractivity contribution in [3.63, 3.8) is 0 Å². The zero-order chi connectivity index (χ0) is 57.8. The van der Waals surface area contributed by atoms with E-state index in [-0.39, 0.29) is 44.0 Å². The summed E-state index contributed by atoms with van der Waals surface area (Å²) in [4.78, 5) is 38.0. The van der Waals surface area contributed by atoms with Gasteiger partial charge in [0.25, 0.3) is 0 Å². The minimum atomic E-state index is -0.821. The van der Waals surface area contributed by atoms with Crippen LogP contribution in [0.15, 0.2) is 194 Å². The molecule has 0 aromatic heterocycles. The highest BCUT2D eigenvalue weighted by atomic mass is 16.6. The molecule has 444 valence electrons. The van der Waals surface area contributed by atoms with Crippen LogP contribution in [0.3, 0.4) is 0 Å². The lowest BCUT2D eigenvalue weighted by atomic mass is 10.1. The zero-order valence-corrected chi connectivity index (χ0v) is 50.8. The van der Waals surface area contributed by atoms with Crippen molar-refractivity contribution in [2.45, 2.75) is 239 Å². The Morgan fingerprint density at radius 3 is 0.812 bits per heavy atom. The lowest BCUT2D eigenvalue weighted by molar-refractivity contribution is -0.167. The molecule has 0 amide bonds. The van der Waals surface area contributed by atoms with Gasteiger partial charge in [0.15, 0.2) is 6.10 Å². The van der Waals surface area contributed by atoms with Crippen molar-refractivity contribution in [1.29, 1.82) is 0 Å². The fourth-order valence-electron chi connectivity index (χ4n) is 7.72. The third kappa shape index (κ3) is 63.1. The summed E-state index contributed by atoms with van der Waals surface area (Å²) in [7, 11) is 0. The van der Waals surface area contributed by atoms with Gasteiger partial charge in [0.1, 0.15) is 13.2 Å². The number of rotatable bonds is 54.